The summed E-state index contributed by atoms with van der Waals surface area (Å²) in [6.07, 6.45) is 1.00. The van der Waals surface area contributed by atoms with Crippen molar-refractivity contribution >= 4 is 29.8 Å². The predicted octanol–water partition coefficient (Wildman–Crippen LogP) is 6.79. The minimum atomic E-state index is -4.42. The van der Waals surface area contributed by atoms with E-state index in [0.717, 1.165) is 28.8 Å². The number of alkyl halides is 3. The third-order valence-electron chi connectivity index (χ3n) is 4.88. The Kier molecular flexibility index (Phi) is 7.23. The zero-order valence-electron chi connectivity index (χ0n) is 18.1. The highest BCUT2D eigenvalue weighted by Gasteiger charge is 2.30. The van der Waals surface area contributed by atoms with Crippen molar-refractivity contribution in [2.45, 2.75) is 6.18 Å². The Hall–Kier alpha value is -4.00. The first kappa shape index (κ1) is 23.7. The quantitative estimate of drug-likeness (QED) is 0.401. The fraction of sp³-hybridized carbons (Fsp3) is 0.115. The monoisotopic (exact) mass is 453 g/mol. The van der Waals surface area contributed by atoms with Crippen LogP contribution in [0.15, 0.2) is 67.2 Å². The fourth-order valence-electron chi connectivity index (χ4n) is 3.14. The van der Waals surface area contributed by atoms with Gasteiger partial charge in [-0.25, -0.2) is 0 Å². The summed E-state index contributed by atoms with van der Waals surface area (Å²) in [5.74, 6) is 0.860. The molecule has 3 aromatic rings. The van der Waals surface area contributed by atoms with E-state index in [4.69, 9.17) is 9.47 Å². The summed E-state index contributed by atoms with van der Waals surface area (Å²) in [6, 6.07) is 14.8. The lowest BCUT2D eigenvalue weighted by Crippen LogP contribution is -2.12. The Morgan fingerprint density at radius 3 is 1.91 bits per heavy atom. The van der Waals surface area contributed by atoms with Crippen LogP contribution in [0.1, 0.15) is 32.6 Å². The molecular formula is C26H22F3NO3. The summed E-state index contributed by atoms with van der Waals surface area (Å²) in [6.45, 7) is 3.78. The maximum atomic E-state index is 12.7. The van der Waals surface area contributed by atoms with Crippen LogP contribution in [0.4, 0.5) is 18.9 Å². The third kappa shape index (κ3) is 5.83. The molecule has 33 heavy (non-hydrogen) atoms. The number of nitrogens with one attached hydrogen (secondary N) is 1. The molecule has 0 bridgehead atoms. The molecular weight excluding hydrogens is 431 g/mol. The van der Waals surface area contributed by atoms with E-state index in [-0.39, 0.29) is 5.69 Å². The van der Waals surface area contributed by atoms with Crippen LogP contribution in [0.25, 0.3) is 18.2 Å². The lowest BCUT2D eigenvalue weighted by Gasteiger charge is -2.11. The molecule has 4 nitrogen and oxygen atoms in total. The molecule has 0 atom stereocenters. The molecule has 170 valence electrons. The molecule has 1 N–H and O–H groups in total. The second kappa shape index (κ2) is 10.1. The first-order chi connectivity index (χ1) is 15.7. The van der Waals surface area contributed by atoms with Crippen molar-refractivity contribution in [2.75, 3.05) is 19.5 Å². The van der Waals surface area contributed by atoms with Crippen LogP contribution in [-0.4, -0.2) is 20.1 Å². The summed E-state index contributed by atoms with van der Waals surface area (Å²) in [7, 11) is 3.15. The second-order valence-electron chi connectivity index (χ2n) is 7.03. The number of carbonyl (C=O) groups excluding carboxylic acids is 1. The second-order valence-corrected chi connectivity index (χ2v) is 7.03. The van der Waals surface area contributed by atoms with Crippen LogP contribution in [0, 0.1) is 0 Å². The normalized spacial score (nSPS) is 11.3. The van der Waals surface area contributed by atoms with E-state index in [9.17, 15) is 18.0 Å². The van der Waals surface area contributed by atoms with Gasteiger partial charge in [0.15, 0.2) is 0 Å². The zero-order valence-corrected chi connectivity index (χ0v) is 18.1. The molecule has 0 aromatic heterocycles. The van der Waals surface area contributed by atoms with Gasteiger partial charge < -0.3 is 14.8 Å². The molecule has 0 spiro atoms. The predicted molar refractivity (Wildman–Crippen MR) is 124 cm³/mol. The average molecular weight is 453 g/mol. The number of rotatable bonds is 7. The molecule has 0 heterocycles. The number of halogens is 3. The summed E-state index contributed by atoms with van der Waals surface area (Å²) in [4.78, 5) is 12.4. The van der Waals surface area contributed by atoms with Crippen LogP contribution in [-0.2, 0) is 6.18 Å². The Bertz CT molecular complexity index is 1140. The summed E-state index contributed by atoms with van der Waals surface area (Å²) in [5.41, 5.74) is 2.37. The summed E-state index contributed by atoms with van der Waals surface area (Å²) >= 11 is 0. The molecule has 0 saturated carbocycles. The highest BCUT2D eigenvalue weighted by molar-refractivity contribution is 6.04. The Morgan fingerprint density at radius 2 is 1.42 bits per heavy atom. The van der Waals surface area contributed by atoms with Crippen molar-refractivity contribution in [3.8, 4) is 11.5 Å². The van der Waals surface area contributed by atoms with Gasteiger partial charge in [0.1, 0.15) is 11.5 Å². The number of ether oxygens (including phenoxy) is 2. The van der Waals surface area contributed by atoms with Crippen molar-refractivity contribution in [1.82, 2.24) is 0 Å². The number of hydrogen-bond donors (Lipinski definition) is 1. The van der Waals surface area contributed by atoms with Gasteiger partial charge in [-0.1, -0.05) is 36.9 Å². The molecule has 1 amide bonds. The Morgan fingerprint density at radius 1 is 0.879 bits per heavy atom. The van der Waals surface area contributed by atoms with Gasteiger partial charge in [-0.15, -0.1) is 0 Å². The lowest BCUT2D eigenvalue weighted by atomic mass is 10.1. The molecule has 0 radical (unpaired) electrons. The smallest absolute Gasteiger partial charge is 0.416 e. The highest BCUT2D eigenvalue weighted by atomic mass is 19.4. The molecule has 0 aliphatic rings. The van der Waals surface area contributed by atoms with E-state index in [0.29, 0.717) is 17.1 Å². The topological polar surface area (TPSA) is 47.6 Å². The fourth-order valence-corrected chi connectivity index (χ4v) is 3.14. The van der Waals surface area contributed by atoms with Crippen LogP contribution >= 0.6 is 0 Å². The molecule has 7 heteroatoms. The van der Waals surface area contributed by atoms with Crippen molar-refractivity contribution in [1.29, 1.82) is 0 Å². The van der Waals surface area contributed by atoms with Gasteiger partial charge in [0.2, 0.25) is 0 Å². The van der Waals surface area contributed by atoms with E-state index in [2.05, 4.69) is 11.9 Å². The van der Waals surface area contributed by atoms with E-state index in [1.165, 1.54) is 12.1 Å². The first-order valence-corrected chi connectivity index (χ1v) is 9.90. The van der Waals surface area contributed by atoms with E-state index in [1.807, 2.05) is 24.3 Å². The van der Waals surface area contributed by atoms with E-state index in [1.54, 1.807) is 44.6 Å². The van der Waals surface area contributed by atoms with E-state index >= 15 is 0 Å². The third-order valence-corrected chi connectivity index (χ3v) is 4.88. The molecule has 3 rings (SSSR count). The van der Waals surface area contributed by atoms with Gasteiger partial charge in [-0.05, 0) is 59.7 Å². The standard InChI is InChI=1S/C26H22F3NO3/c1-4-22-23(32-2)15-18(16-24(22)33-3)6-5-17-7-9-19(10-8-17)25(31)30-21-13-11-20(12-14-21)26(27,28)29/h4-16H,1H2,2-3H3,(H,30,31)/b6-5+. The average Bonchev–Trinajstić information content (AvgIpc) is 2.82. The minimum Gasteiger partial charge on any atom is -0.496 e. The lowest BCUT2D eigenvalue weighted by molar-refractivity contribution is -0.137. The number of anilines is 1. The van der Waals surface area contributed by atoms with Crippen molar-refractivity contribution < 1.29 is 27.4 Å². The summed E-state index contributed by atoms with van der Waals surface area (Å²) < 4.78 is 48.8. The van der Waals surface area contributed by atoms with Crippen molar-refractivity contribution in [2.24, 2.45) is 0 Å². The van der Waals surface area contributed by atoms with Gasteiger partial charge in [0, 0.05) is 11.3 Å². The molecule has 0 unspecified atom stereocenters. The van der Waals surface area contributed by atoms with Crippen LogP contribution < -0.4 is 14.8 Å². The van der Waals surface area contributed by atoms with Gasteiger partial charge in [-0.2, -0.15) is 13.2 Å². The van der Waals surface area contributed by atoms with Crippen molar-refractivity contribution in [3.05, 3.63) is 95.1 Å². The molecule has 0 aliphatic heterocycles. The molecule has 3 aromatic carbocycles. The Balaban J connectivity index is 1.71. The number of methoxy groups -OCH3 is 2. The highest BCUT2D eigenvalue weighted by Crippen LogP contribution is 2.32. The van der Waals surface area contributed by atoms with Crippen LogP contribution in [0.2, 0.25) is 0 Å². The van der Waals surface area contributed by atoms with Gasteiger partial charge >= 0.3 is 6.18 Å². The van der Waals surface area contributed by atoms with Crippen molar-refractivity contribution in [3.63, 3.8) is 0 Å². The number of amides is 1. The Labute approximate surface area is 190 Å². The minimum absolute atomic E-state index is 0.280. The number of carbonyl (C=O) groups is 1. The first-order valence-electron chi connectivity index (χ1n) is 9.90. The molecule has 0 fully saturated rings. The van der Waals surface area contributed by atoms with Gasteiger partial charge in [0.25, 0.3) is 5.91 Å². The zero-order chi connectivity index (χ0) is 24.0. The maximum Gasteiger partial charge on any atom is 0.416 e. The SMILES string of the molecule is C=Cc1c(OC)cc(/C=C/c2ccc(C(=O)Nc3ccc(C(F)(F)F)cc3)cc2)cc1OC. The van der Waals surface area contributed by atoms with Gasteiger partial charge in [-0.3, -0.25) is 4.79 Å². The van der Waals surface area contributed by atoms with Gasteiger partial charge in [0.05, 0.1) is 25.3 Å². The number of benzene rings is 3. The molecule has 0 aliphatic carbocycles. The van der Waals surface area contributed by atoms with Crippen LogP contribution in [0.3, 0.4) is 0 Å². The largest absolute Gasteiger partial charge is 0.496 e. The molecule has 0 saturated heterocycles. The van der Waals surface area contributed by atoms with Crippen LogP contribution in [0.5, 0.6) is 11.5 Å². The number of hydrogen-bond acceptors (Lipinski definition) is 3. The van der Waals surface area contributed by atoms with E-state index < -0.39 is 17.6 Å². The maximum absolute atomic E-state index is 12.7. The summed E-state index contributed by atoms with van der Waals surface area (Å²) in [5, 5.41) is 2.59.